The Morgan fingerprint density at radius 1 is 1.26 bits per heavy atom. The molecule has 1 heterocycles. The van der Waals surface area contributed by atoms with Gasteiger partial charge in [0.25, 0.3) is 5.91 Å². The summed E-state index contributed by atoms with van der Waals surface area (Å²) >= 11 is 1.21. The van der Waals surface area contributed by atoms with E-state index in [-0.39, 0.29) is 17.2 Å². The molecule has 1 aliphatic heterocycles. The van der Waals surface area contributed by atoms with E-state index >= 15 is 0 Å². The Kier molecular flexibility index (Phi) is 5.63. The van der Waals surface area contributed by atoms with Crippen molar-refractivity contribution in [3.05, 3.63) is 70.3 Å². The second-order valence-corrected chi connectivity index (χ2v) is 7.12. The minimum atomic E-state index is -0.518. The molecule has 5 nitrogen and oxygen atoms in total. The molecule has 3 rings (SSSR count). The van der Waals surface area contributed by atoms with Gasteiger partial charge >= 0.3 is 0 Å². The zero-order chi connectivity index (χ0) is 19.4. The lowest BCUT2D eigenvalue weighted by atomic mass is 10.1. The monoisotopic (exact) mass is 377 g/mol. The molecule has 2 aromatic carbocycles. The minimum Gasteiger partial charge on any atom is -0.321 e. The highest BCUT2D eigenvalue weighted by molar-refractivity contribution is 8.04. The number of nitriles is 1. The molecule has 136 valence electrons. The van der Waals surface area contributed by atoms with Gasteiger partial charge < -0.3 is 5.32 Å². The van der Waals surface area contributed by atoms with Crippen LogP contribution in [0.1, 0.15) is 18.1 Å². The molecule has 0 radical (unpaired) electrons. The molecule has 0 aromatic heterocycles. The zero-order valence-corrected chi connectivity index (χ0v) is 16.0. The van der Waals surface area contributed by atoms with Crippen molar-refractivity contribution in [2.45, 2.75) is 20.3 Å². The van der Waals surface area contributed by atoms with E-state index in [1.54, 1.807) is 6.07 Å². The van der Waals surface area contributed by atoms with Crippen molar-refractivity contribution in [1.82, 2.24) is 0 Å². The lowest BCUT2D eigenvalue weighted by molar-refractivity contribution is -0.115. The smallest absolute Gasteiger partial charge is 0.269 e. The van der Waals surface area contributed by atoms with E-state index in [0.717, 1.165) is 17.5 Å². The molecule has 1 aliphatic rings. The van der Waals surface area contributed by atoms with Crippen LogP contribution in [0, 0.1) is 18.3 Å². The fourth-order valence-corrected chi connectivity index (χ4v) is 3.82. The lowest BCUT2D eigenvalue weighted by Crippen LogP contribution is -2.26. The molecule has 2 amide bonds. The van der Waals surface area contributed by atoms with Gasteiger partial charge in [0, 0.05) is 11.4 Å². The van der Waals surface area contributed by atoms with Crippen LogP contribution in [0.5, 0.6) is 0 Å². The highest BCUT2D eigenvalue weighted by Gasteiger charge is 2.33. The van der Waals surface area contributed by atoms with Crippen LogP contribution in [-0.2, 0) is 16.0 Å². The van der Waals surface area contributed by atoms with E-state index in [1.807, 2.05) is 55.5 Å². The molecule has 0 atom stereocenters. The molecule has 1 saturated heterocycles. The Morgan fingerprint density at radius 2 is 2.00 bits per heavy atom. The van der Waals surface area contributed by atoms with Crippen LogP contribution in [0.3, 0.4) is 0 Å². The van der Waals surface area contributed by atoms with Crippen LogP contribution < -0.4 is 10.2 Å². The van der Waals surface area contributed by atoms with Crippen LogP contribution in [0.15, 0.2) is 59.1 Å². The quantitative estimate of drug-likeness (QED) is 0.645. The van der Waals surface area contributed by atoms with Crippen molar-refractivity contribution >= 4 is 35.0 Å². The van der Waals surface area contributed by atoms with Crippen molar-refractivity contribution in [1.29, 1.82) is 5.26 Å². The van der Waals surface area contributed by atoms with Gasteiger partial charge in [0.05, 0.1) is 5.75 Å². The molecular formula is C21H19N3O2S. The zero-order valence-electron chi connectivity index (χ0n) is 15.2. The summed E-state index contributed by atoms with van der Waals surface area (Å²) in [6, 6.07) is 16.9. The first-order chi connectivity index (χ1) is 13.0. The van der Waals surface area contributed by atoms with Crippen LogP contribution in [0.25, 0.3) is 0 Å². The second-order valence-electron chi connectivity index (χ2n) is 6.15. The number of hydrogen-bond acceptors (Lipinski definition) is 4. The average Bonchev–Trinajstić information content (AvgIpc) is 3.03. The van der Waals surface area contributed by atoms with Gasteiger partial charge in [-0.15, -0.1) is 0 Å². The number of thioether (sulfide) groups is 1. The molecule has 0 spiro atoms. The Morgan fingerprint density at radius 3 is 2.63 bits per heavy atom. The number of carbonyl (C=O) groups is 2. The SMILES string of the molecule is CCc1ccc(N2C(=O)CS/C2=C(/C#N)C(=O)Nc2cccc(C)c2)cc1. The fraction of sp³-hybridized carbons (Fsp3) is 0.190. The summed E-state index contributed by atoms with van der Waals surface area (Å²) in [6.07, 6.45) is 0.897. The van der Waals surface area contributed by atoms with Crippen molar-refractivity contribution in [3.63, 3.8) is 0 Å². The summed E-state index contributed by atoms with van der Waals surface area (Å²) in [4.78, 5) is 26.6. The third-order valence-electron chi connectivity index (χ3n) is 4.22. The number of benzene rings is 2. The lowest BCUT2D eigenvalue weighted by Gasteiger charge is -2.18. The summed E-state index contributed by atoms with van der Waals surface area (Å²) in [5.74, 6) is -0.459. The number of rotatable bonds is 4. The maximum Gasteiger partial charge on any atom is 0.269 e. The summed E-state index contributed by atoms with van der Waals surface area (Å²) in [6.45, 7) is 3.98. The van der Waals surface area contributed by atoms with Crippen LogP contribution in [-0.4, -0.2) is 17.6 Å². The number of anilines is 2. The molecule has 1 N–H and O–H groups in total. The van der Waals surface area contributed by atoms with Gasteiger partial charge in [-0.25, -0.2) is 0 Å². The summed E-state index contributed by atoms with van der Waals surface area (Å²) in [5.41, 5.74) is 3.37. The predicted molar refractivity (Wildman–Crippen MR) is 108 cm³/mol. The molecule has 0 aliphatic carbocycles. The van der Waals surface area contributed by atoms with Crippen LogP contribution >= 0.6 is 11.8 Å². The standard InChI is InChI=1S/C21H19N3O2S/c1-3-15-7-9-17(10-8-15)24-19(25)13-27-21(24)18(12-22)20(26)23-16-6-4-5-14(2)11-16/h4-11H,3,13H2,1-2H3,(H,23,26)/b21-18-. The van der Waals surface area contributed by atoms with Crippen LogP contribution in [0.4, 0.5) is 11.4 Å². The number of aryl methyl sites for hydroxylation is 2. The largest absolute Gasteiger partial charge is 0.321 e. The van der Waals surface area contributed by atoms with Gasteiger partial charge in [0.15, 0.2) is 0 Å². The van der Waals surface area contributed by atoms with E-state index in [0.29, 0.717) is 16.4 Å². The molecular weight excluding hydrogens is 358 g/mol. The Balaban J connectivity index is 1.94. The van der Waals surface area contributed by atoms with E-state index in [9.17, 15) is 14.9 Å². The van der Waals surface area contributed by atoms with Gasteiger partial charge in [-0.1, -0.05) is 43.0 Å². The first-order valence-electron chi connectivity index (χ1n) is 8.60. The molecule has 0 unspecified atom stereocenters. The van der Waals surface area contributed by atoms with E-state index in [4.69, 9.17) is 0 Å². The Bertz CT molecular complexity index is 958. The highest BCUT2D eigenvalue weighted by Crippen LogP contribution is 2.36. The van der Waals surface area contributed by atoms with Gasteiger partial charge in [0.1, 0.15) is 16.7 Å². The third kappa shape index (κ3) is 4.04. The van der Waals surface area contributed by atoms with Crippen molar-refractivity contribution in [2.24, 2.45) is 0 Å². The summed E-state index contributed by atoms with van der Waals surface area (Å²) in [7, 11) is 0. The van der Waals surface area contributed by atoms with E-state index < -0.39 is 5.91 Å². The second kappa shape index (κ2) is 8.11. The molecule has 1 fully saturated rings. The first-order valence-corrected chi connectivity index (χ1v) is 9.59. The minimum absolute atomic E-state index is 0.0630. The van der Waals surface area contributed by atoms with E-state index in [1.165, 1.54) is 16.7 Å². The molecule has 0 bridgehead atoms. The number of nitrogens with one attached hydrogen (secondary N) is 1. The van der Waals surface area contributed by atoms with Crippen LogP contribution in [0.2, 0.25) is 0 Å². The molecule has 6 heteroatoms. The molecule has 27 heavy (non-hydrogen) atoms. The summed E-state index contributed by atoms with van der Waals surface area (Å²) in [5, 5.41) is 12.7. The van der Waals surface area contributed by atoms with Crippen molar-refractivity contribution in [2.75, 3.05) is 16.0 Å². The topological polar surface area (TPSA) is 73.2 Å². The third-order valence-corrected chi connectivity index (χ3v) is 5.27. The van der Waals surface area contributed by atoms with Crippen molar-refractivity contribution < 1.29 is 9.59 Å². The number of amides is 2. The van der Waals surface area contributed by atoms with Gasteiger partial charge in [0.2, 0.25) is 5.91 Å². The predicted octanol–water partition coefficient (Wildman–Crippen LogP) is 4.01. The number of nitrogens with zero attached hydrogens (tertiary/aromatic N) is 2. The molecule has 0 saturated carbocycles. The van der Waals surface area contributed by atoms with Gasteiger partial charge in [-0.2, -0.15) is 5.26 Å². The number of carbonyl (C=O) groups excluding carboxylic acids is 2. The number of hydrogen-bond donors (Lipinski definition) is 1. The molecule has 2 aromatic rings. The first kappa shape index (κ1) is 18.7. The van der Waals surface area contributed by atoms with Crippen molar-refractivity contribution in [3.8, 4) is 6.07 Å². The Labute approximate surface area is 162 Å². The maximum absolute atomic E-state index is 12.7. The Hall–Kier alpha value is -3.04. The highest BCUT2D eigenvalue weighted by atomic mass is 32.2. The fourth-order valence-electron chi connectivity index (χ4n) is 2.81. The van der Waals surface area contributed by atoms with E-state index in [2.05, 4.69) is 12.2 Å². The average molecular weight is 377 g/mol. The van der Waals surface area contributed by atoms with Gasteiger partial charge in [-0.3, -0.25) is 14.5 Å². The normalized spacial score (nSPS) is 15.4. The maximum atomic E-state index is 12.7. The van der Waals surface area contributed by atoms with Gasteiger partial charge in [-0.05, 0) is 48.7 Å². The summed E-state index contributed by atoms with van der Waals surface area (Å²) < 4.78 is 0.